The lowest BCUT2D eigenvalue weighted by Gasteiger charge is -2.08. The molecule has 0 unspecified atom stereocenters. The summed E-state index contributed by atoms with van der Waals surface area (Å²) < 4.78 is 18.0. The molecule has 1 aromatic heterocycles. The topological polar surface area (TPSA) is 33.4 Å². The van der Waals surface area contributed by atoms with Crippen LogP contribution >= 0.6 is 11.6 Å². The first-order chi connectivity index (χ1) is 7.16. The molecular weight excluding hydrogens is 219 g/mol. The molecule has 0 fully saturated rings. The number of hydrogen-bond donors (Lipinski definition) is 1. The van der Waals surface area contributed by atoms with E-state index >= 15 is 0 Å². The van der Waals surface area contributed by atoms with E-state index in [9.17, 15) is 9.50 Å². The molecule has 0 spiro atoms. The van der Waals surface area contributed by atoms with Crippen LogP contribution in [0.3, 0.4) is 0 Å². The van der Waals surface area contributed by atoms with Gasteiger partial charge in [0.05, 0.1) is 6.26 Å². The van der Waals surface area contributed by atoms with Crippen LogP contribution in [0.4, 0.5) is 4.39 Å². The van der Waals surface area contributed by atoms with Crippen LogP contribution in [0.2, 0.25) is 5.02 Å². The van der Waals surface area contributed by atoms with E-state index in [1.807, 2.05) is 0 Å². The summed E-state index contributed by atoms with van der Waals surface area (Å²) in [5.41, 5.74) is 0.370. The number of furan rings is 1. The SMILES string of the molecule is O[C@H](c1cc(F)cc(Cl)c1)c1ccco1. The fourth-order valence-corrected chi connectivity index (χ4v) is 1.57. The molecule has 2 nitrogen and oxygen atoms in total. The summed E-state index contributed by atoms with van der Waals surface area (Å²) in [7, 11) is 0. The van der Waals surface area contributed by atoms with Crippen molar-refractivity contribution < 1.29 is 13.9 Å². The molecule has 0 saturated heterocycles. The van der Waals surface area contributed by atoms with E-state index in [2.05, 4.69) is 0 Å². The molecule has 1 atom stereocenters. The van der Waals surface area contributed by atoms with Crippen molar-refractivity contribution in [1.82, 2.24) is 0 Å². The third kappa shape index (κ3) is 2.19. The Hall–Kier alpha value is -1.32. The van der Waals surface area contributed by atoms with E-state index in [1.54, 1.807) is 12.1 Å². The van der Waals surface area contributed by atoms with Crippen molar-refractivity contribution in [2.45, 2.75) is 6.10 Å². The number of aliphatic hydroxyl groups excluding tert-OH is 1. The molecule has 78 valence electrons. The molecule has 0 saturated carbocycles. The summed E-state index contributed by atoms with van der Waals surface area (Å²) in [5.74, 6) is -0.125. The molecule has 2 aromatic rings. The molecule has 0 amide bonds. The van der Waals surface area contributed by atoms with Gasteiger partial charge in [0.2, 0.25) is 0 Å². The first kappa shape index (κ1) is 10.2. The lowest BCUT2D eigenvalue weighted by Crippen LogP contribution is -1.98. The first-order valence-corrected chi connectivity index (χ1v) is 4.72. The van der Waals surface area contributed by atoms with E-state index in [4.69, 9.17) is 16.0 Å². The highest BCUT2D eigenvalue weighted by Crippen LogP contribution is 2.25. The Kier molecular flexibility index (Phi) is 2.75. The van der Waals surface area contributed by atoms with E-state index < -0.39 is 11.9 Å². The maximum atomic E-state index is 13.0. The van der Waals surface area contributed by atoms with Gasteiger partial charge in [-0.3, -0.25) is 0 Å². The van der Waals surface area contributed by atoms with E-state index in [0.29, 0.717) is 11.3 Å². The standard InChI is InChI=1S/C11H8ClFO2/c12-8-4-7(5-9(13)6-8)11(14)10-2-1-3-15-10/h1-6,11,14H/t11-/m1/s1. The molecule has 0 aliphatic rings. The average molecular weight is 227 g/mol. The van der Waals surface area contributed by atoms with Gasteiger partial charge in [-0.15, -0.1) is 0 Å². The summed E-state index contributed by atoms with van der Waals surface area (Å²) in [5, 5.41) is 10.1. The molecule has 4 heteroatoms. The van der Waals surface area contributed by atoms with Gasteiger partial charge < -0.3 is 9.52 Å². The smallest absolute Gasteiger partial charge is 0.137 e. The van der Waals surface area contributed by atoms with Gasteiger partial charge in [-0.2, -0.15) is 0 Å². The second kappa shape index (κ2) is 4.04. The minimum Gasteiger partial charge on any atom is -0.466 e. The summed E-state index contributed by atoms with van der Waals surface area (Å²) in [6.07, 6.45) is 0.451. The van der Waals surface area contributed by atoms with Crippen LogP contribution in [0.25, 0.3) is 0 Å². The Bertz CT molecular complexity index is 433. The van der Waals surface area contributed by atoms with Crippen molar-refractivity contribution in [1.29, 1.82) is 0 Å². The van der Waals surface area contributed by atoms with Crippen molar-refractivity contribution in [3.8, 4) is 0 Å². The summed E-state index contributed by atoms with van der Waals surface area (Å²) >= 11 is 5.67. The van der Waals surface area contributed by atoms with Gasteiger partial charge in [-0.1, -0.05) is 11.6 Å². The van der Waals surface area contributed by atoms with Crippen LogP contribution in [-0.4, -0.2) is 5.11 Å². The fourth-order valence-electron chi connectivity index (χ4n) is 1.34. The van der Waals surface area contributed by atoms with Crippen LogP contribution in [0, 0.1) is 5.82 Å². The van der Waals surface area contributed by atoms with Crippen LogP contribution in [-0.2, 0) is 0 Å². The van der Waals surface area contributed by atoms with Crippen LogP contribution in [0.1, 0.15) is 17.4 Å². The second-order valence-electron chi connectivity index (χ2n) is 3.12. The Morgan fingerprint density at radius 2 is 2.13 bits per heavy atom. The van der Waals surface area contributed by atoms with Crippen LogP contribution in [0.5, 0.6) is 0 Å². The van der Waals surface area contributed by atoms with Crippen LogP contribution < -0.4 is 0 Å². The van der Waals surface area contributed by atoms with Gasteiger partial charge in [0.15, 0.2) is 0 Å². The third-order valence-electron chi connectivity index (χ3n) is 2.01. The molecule has 0 aliphatic heterocycles. The number of aliphatic hydroxyl groups is 1. The van der Waals surface area contributed by atoms with Crippen molar-refractivity contribution in [3.63, 3.8) is 0 Å². The van der Waals surface area contributed by atoms with Gasteiger partial charge in [-0.25, -0.2) is 4.39 Å². The van der Waals surface area contributed by atoms with Gasteiger partial charge in [0.1, 0.15) is 17.7 Å². The van der Waals surface area contributed by atoms with E-state index in [1.165, 1.54) is 24.5 Å². The number of rotatable bonds is 2. The Morgan fingerprint density at radius 3 is 2.73 bits per heavy atom. The number of halogens is 2. The van der Waals surface area contributed by atoms with Crippen molar-refractivity contribution in [2.24, 2.45) is 0 Å². The predicted octanol–water partition coefficient (Wildman–Crippen LogP) is 3.15. The third-order valence-corrected chi connectivity index (χ3v) is 2.23. The number of hydrogen-bond acceptors (Lipinski definition) is 2. The normalized spacial score (nSPS) is 12.7. The quantitative estimate of drug-likeness (QED) is 0.853. The highest BCUT2D eigenvalue weighted by atomic mass is 35.5. The Labute approximate surface area is 90.9 Å². The molecule has 1 N–H and O–H groups in total. The second-order valence-corrected chi connectivity index (χ2v) is 3.56. The largest absolute Gasteiger partial charge is 0.466 e. The Morgan fingerprint density at radius 1 is 1.33 bits per heavy atom. The van der Waals surface area contributed by atoms with Crippen molar-refractivity contribution >= 4 is 11.6 Å². The highest BCUT2D eigenvalue weighted by Gasteiger charge is 2.14. The maximum Gasteiger partial charge on any atom is 0.137 e. The lowest BCUT2D eigenvalue weighted by molar-refractivity contribution is 0.189. The van der Waals surface area contributed by atoms with Gasteiger partial charge in [0.25, 0.3) is 0 Å². The van der Waals surface area contributed by atoms with Gasteiger partial charge >= 0.3 is 0 Å². The van der Waals surface area contributed by atoms with Gasteiger partial charge in [0, 0.05) is 5.02 Å². The molecule has 1 aromatic carbocycles. The molecule has 0 aliphatic carbocycles. The Balaban J connectivity index is 2.37. The minimum absolute atomic E-state index is 0.246. The lowest BCUT2D eigenvalue weighted by atomic mass is 10.1. The zero-order valence-corrected chi connectivity index (χ0v) is 8.41. The maximum absolute atomic E-state index is 13.0. The van der Waals surface area contributed by atoms with Crippen molar-refractivity contribution in [2.75, 3.05) is 0 Å². The van der Waals surface area contributed by atoms with Crippen LogP contribution in [0.15, 0.2) is 41.0 Å². The highest BCUT2D eigenvalue weighted by molar-refractivity contribution is 6.30. The molecule has 1 heterocycles. The first-order valence-electron chi connectivity index (χ1n) is 4.34. The number of benzene rings is 1. The minimum atomic E-state index is -0.992. The predicted molar refractivity (Wildman–Crippen MR) is 54.2 cm³/mol. The van der Waals surface area contributed by atoms with E-state index in [-0.39, 0.29) is 5.02 Å². The summed E-state index contributed by atoms with van der Waals surface area (Å²) in [6, 6.07) is 7.17. The molecule has 0 radical (unpaired) electrons. The monoisotopic (exact) mass is 226 g/mol. The average Bonchev–Trinajstić information content (AvgIpc) is 2.67. The van der Waals surface area contributed by atoms with E-state index in [0.717, 1.165) is 0 Å². The molecule has 2 rings (SSSR count). The molecular formula is C11H8ClFO2. The zero-order chi connectivity index (χ0) is 10.8. The molecule has 0 bridgehead atoms. The van der Waals surface area contributed by atoms with Gasteiger partial charge in [-0.05, 0) is 35.9 Å². The van der Waals surface area contributed by atoms with Crippen molar-refractivity contribution in [3.05, 3.63) is 58.8 Å². The summed E-state index contributed by atoms with van der Waals surface area (Å²) in [6.45, 7) is 0. The molecule has 15 heavy (non-hydrogen) atoms. The summed E-state index contributed by atoms with van der Waals surface area (Å²) in [4.78, 5) is 0. The zero-order valence-electron chi connectivity index (χ0n) is 7.65. The fraction of sp³-hybridized carbons (Fsp3) is 0.0909.